The molecule has 0 spiro atoms. The van der Waals surface area contributed by atoms with Crippen LogP contribution in [0.3, 0.4) is 0 Å². The van der Waals surface area contributed by atoms with Crippen LogP contribution >= 0.6 is 0 Å². The number of ketones is 1. The van der Waals surface area contributed by atoms with Crippen molar-refractivity contribution in [3.05, 3.63) is 65.5 Å². The van der Waals surface area contributed by atoms with Crippen molar-refractivity contribution in [1.82, 2.24) is 4.98 Å². The number of benzene rings is 1. The zero-order valence-corrected chi connectivity index (χ0v) is 10.5. The van der Waals surface area contributed by atoms with E-state index in [-0.39, 0.29) is 11.7 Å². The van der Waals surface area contributed by atoms with Crippen LogP contribution in [0.4, 0.5) is 0 Å². The van der Waals surface area contributed by atoms with Crippen molar-refractivity contribution in [2.75, 3.05) is 0 Å². The third-order valence-electron chi connectivity index (χ3n) is 3.69. The van der Waals surface area contributed by atoms with Crippen LogP contribution in [0.25, 0.3) is 0 Å². The molecule has 0 aliphatic heterocycles. The van der Waals surface area contributed by atoms with Crippen molar-refractivity contribution in [3.63, 3.8) is 0 Å². The smallest absolute Gasteiger partial charge is 0.174 e. The van der Waals surface area contributed by atoms with E-state index in [2.05, 4.69) is 4.98 Å². The SMILES string of the molecule is O=C(C(O)c1ccccc1)C1CCc2cccnc21. The fourth-order valence-electron chi connectivity index (χ4n) is 2.68. The van der Waals surface area contributed by atoms with Crippen LogP contribution in [0.5, 0.6) is 0 Å². The molecule has 0 amide bonds. The lowest BCUT2D eigenvalue weighted by Crippen LogP contribution is -2.19. The van der Waals surface area contributed by atoms with Crippen LogP contribution in [0.1, 0.15) is 35.3 Å². The summed E-state index contributed by atoms with van der Waals surface area (Å²) in [5, 5.41) is 10.2. The Hall–Kier alpha value is -2.00. The van der Waals surface area contributed by atoms with Crippen molar-refractivity contribution in [2.24, 2.45) is 0 Å². The van der Waals surface area contributed by atoms with Crippen molar-refractivity contribution in [1.29, 1.82) is 0 Å². The number of pyridine rings is 1. The Kier molecular flexibility index (Phi) is 3.13. The van der Waals surface area contributed by atoms with Gasteiger partial charge in [0.05, 0.1) is 11.6 Å². The quantitative estimate of drug-likeness (QED) is 0.913. The number of carbonyl (C=O) groups is 1. The molecule has 1 aliphatic rings. The second-order valence-electron chi connectivity index (χ2n) is 4.85. The third kappa shape index (κ3) is 2.17. The largest absolute Gasteiger partial charge is 0.381 e. The monoisotopic (exact) mass is 253 g/mol. The van der Waals surface area contributed by atoms with Crippen LogP contribution < -0.4 is 0 Å². The summed E-state index contributed by atoms with van der Waals surface area (Å²) in [7, 11) is 0. The topological polar surface area (TPSA) is 50.2 Å². The van der Waals surface area contributed by atoms with E-state index in [1.54, 1.807) is 18.3 Å². The van der Waals surface area contributed by atoms with Gasteiger partial charge in [0, 0.05) is 6.20 Å². The number of aliphatic hydroxyl groups excluding tert-OH is 1. The lowest BCUT2D eigenvalue weighted by molar-refractivity contribution is -0.129. The zero-order chi connectivity index (χ0) is 13.2. The van der Waals surface area contributed by atoms with Gasteiger partial charge in [-0.3, -0.25) is 9.78 Å². The molecule has 3 heteroatoms. The van der Waals surface area contributed by atoms with Gasteiger partial charge in [-0.15, -0.1) is 0 Å². The Morgan fingerprint density at radius 2 is 2.00 bits per heavy atom. The molecule has 0 bridgehead atoms. The first kappa shape index (κ1) is 12.1. The van der Waals surface area contributed by atoms with Gasteiger partial charge in [-0.2, -0.15) is 0 Å². The molecule has 3 rings (SSSR count). The van der Waals surface area contributed by atoms with Crippen LogP contribution in [-0.4, -0.2) is 15.9 Å². The average molecular weight is 253 g/mol. The van der Waals surface area contributed by atoms with Gasteiger partial charge in [-0.1, -0.05) is 36.4 Å². The van der Waals surface area contributed by atoms with Crippen LogP contribution in [0, 0.1) is 0 Å². The van der Waals surface area contributed by atoms with E-state index in [0.29, 0.717) is 5.56 Å². The van der Waals surface area contributed by atoms with Crippen LogP contribution in [0.15, 0.2) is 48.7 Å². The van der Waals surface area contributed by atoms with Gasteiger partial charge in [0.1, 0.15) is 6.10 Å². The van der Waals surface area contributed by atoms with E-state index >= 15 is 0 Å². The van der Waals surface area contributed by atoms with Crippen LogP contribution in [0.2, 0.25) is 0 Å². The van der Waals surface area contributed by atoms with E-state index in [4.69, 9.17) is 0 Å². The minimum Gasteiger partial charge on any atom is -0.381 e. The Balaban J connectivity index is 1.86. The normalized spacial score (nSPS) is 18.9. The summed E-state index contributed by atoms with van der Waals surface area (Å²) in [5.74, 6) is -0.421. The molecule has 0 saturated heterocycles. The van der Waals surface area contributed by atoms with Gasteiger partial charge in [0.2, 0.25) is 0 Å². The molecule has 2 aromatic rings. The summed E-state index contributed by atoms with van der Waals surface area (Å²) in [4.78, 5) is 16.7. The first-order chi connectivity index (χ1) is 9.27. The molecule has 19 heavy (non-hydrogen) atoms. The highest BCUT2D eigenvalue weighted by Crippen LogP contribution is 2.35. The highest BCUT2D eigenvalue weighted by atomic mass is 16.3. The molecular formula is C16H15NO2. The predicted octanol–water partition coefficient (Wildman–Crippen LogP) is 2.41. The molecule has 3 nitrogen and oxygen atoms in total. The maximum absolute atomic E-state index is 12.4. The summed E-state index contributed by atoms with van der Waals surface area (Å²) >= 11 is 0. The number of aliphatic hydroxyl groups is 1. The summed E-state index contributed by atoms with van der Waals surface area (Å²) in [6.45, 7) is 0. The molecular weight excluding hydrogens is 238 g/mol. The zero-order valence-electron chi connectivity index (χ0n) is 10.5. The summed E-state index contributed by atoms with van der Waals surface area (Å²) in [5.41, 5.74) is 2.61. The number of nitrogens with zero attached hydrogens (tertiary/aromatic N) is 1. The standard InChI is InChI=1S/C16H15NO2/c18-15(12-5-2-1-3-6-12)16(19)13-9-8-11-7-4-10-17-14(11)13/h1-7,10,13,15,18H,8-9H2. The molecule has 1 N–H and O–H groups in total. The number of hydrogen-bond acceptors (Lipinski definition) is 3. The fourth-order valence-corrected chi connectivity index (χ4v) is 2.68. The van der Waals surface area contributed by atoms with E-state index in [1.807, 2.05) is 30.3 Å². The molecule has 0 fully saturated rings. The molecule has 1 aliphatic carbocycles. The van der Waals surface area contributed by atoms with Crippen molar-refractivity contribution in [3.8, 4) is 0 Å². The van der Waals surface area contributed by atoms with E-state index in [0.717, 1.165) is 24.1 Å². The fraction of sp³-hybridized carbons (Fsp3) is 0.250. The molecule has 1 aromatic carbocycles. The summed E-state index contributed by atoms with van der Waals surface area (Å²) < 4.78 is 0. The number of Topliss-reactive ketones (excluding diaryl/α,β-unsaturated/α-hetero) is 1. The molecule has 2 unspecified atom stereocenters. The Labute approximate surface area is 111 Å². The molecule has 0 radical (unpaired) electrons. The first-order valence-corrected chi connectivity index (χ1v) is 6.48. The highest BCUT2D eigenvalue weighted by molar-refractivity contribution is 5.90. The lowest BCUT2D eigenvalue weighted by atomic mass is 9.93. The average Bonchev–Trinajstić information content (AvgIpc) is 2.90. The van der Waals surface area contributed by atoms with Crippen molar-refractivity contribution < 1.29 is 9.90 Å². The Morgan fingerprint density at radius 1 is 1.21 bits per heavy atom. The van der Waals surface area contributed by atoms with Gasteiger partial charge < -0.3 is 5.11 Å². The second kappa shape index (κ2) is 4.94. The van der Waals surface area contributed by atoms with Crippen molar-refractivity contribution >= 4 is 5.78 Å². The number of hydrogen-bond donors (Lipinski definition) is 1. The number of fused-ring (bicyclic) bond motifs is 1. The number of aryl methyl sites for hydroxylation is 1. The van der Waals surface area contributed by atoms with E-state index < -0.39 is 6.10 Å². The van der Waals surface area contributed by atoms with Gasteiger partial charge in [-0.25, -0.2) is 0 Å². The molecule has 2 atom stereocenters. The second-order valence-corrected chi connectivity index (χ2v) is 4.85. The predicted molar refractivity (Wildman–Crippen MR) is 71.7 cm³/mol. The Morgan fingerprint density at radius 3 is 2.79 bits per heavy atom. The molecule has 0 saturated carbocycles. The van der Waals surface area contributed by atoms with Gasteiger partial charge in [0.25, 0.3) is 0 Å². The maximum Gasteiger partial charge on any atom is 0.174 e. The van der Waals surface area contributed by atoms with Crippen LogP contribution in [-0.2, 0) is 11.2 Å². The molecule has 1 heterocycles. The lowest BCUT2D eigenvalue weighted by Gasteiger charge is -2.15. The van der Waals surface area contributed by atoms with Crippen molar-refractivity contribution in [2.45, 2.75) is 24.9 Å². The first-order valence-electron chi connectivity index (χ1n) is 6.48. The molecule has 1 aromatic heterocycles. The maximum atomic E-state index is 12.4. The van der Waals surface area contributed by atoms with E-state index in [1.165, 1.54) is 0 Å². The van der Waals surface area contributed by atoms with Gasteiger partial charge >= 0.3 is 0 Å². The number of aromatic nitrogens is 1. The third-order valence-corrected chi connectivity index (χ3v) is 3.69. The summed E-state index contributed by atoms with van der Waals surface area (Å²) in [6, 6.07) is 13.0. The summed E-state index contributed by atoms with van der Waals surface area (Å²) in [6.07, 6.45) is 2.26. The van der Waals surface area contributed by atoms with Gasteiger partial charge in [0.15, 0.2) is 5.78 Å². The van der Waals surface area contributed by atoms with E-state index in [9.17, 15) is 9.90 Å². The minimum absolute atomic E-state index is 0.149. The Bertz CT molecular complexity index is 595. The molecule has 96 valence electrons. The number of carbonyl (C=O) groups excluding carboxylic acids is 1. The number of rotatable bonds is 3. The van der Waals surface area contributed by atoms with Gasteiger partial charge in [-0.05, 0) is 30.0 Å². The minimum atomic E-state index is -1.06. The highest BCUT2D eigenvalue weighted by Gasteiger charge is 2.33.